The zero-order valence-electron chi connectivity index (χ0n) is 13.5. The van der Waals surface area contributed by atoms with Gasteiger partial charge in [0, 0.05) is 12.2 Å². The van der Waals surface area contributed by atoms with E-state index in [2.05, 4.69) is 21.4 Å². The predicted octanol–water partition coefficient (Wildman–Crippen LogP) is 4.34. The average molecular weight is 337 g/mol. The number of rotatable bonds is 6. The van der Waals surface area contributed by atoms with Crippen LogP contribution in [0, 0.1) is 0 Å². The number of benzene rings is 2. The van der Waals surface area contributed by atoms with Gasteiger partial charge >= 0.3 is 0 Å². The third-order valence-corrected chi connectivity index (χ3v) is 4.71. The number of imidazole rings is 1. The molecule has 0 saturated carbocycles. The van der Waals surface area contributed by atoms with E-state index in [0.717, 1.165) is 21.9 Å². The number of hydrogen-bond acceptors (Lipinski definition) is 3. The fourth-order valence-electron chi connectivity index (χ4n) is 2.43. The summed E-state index contributed by atoms with van der Waals surface area (Å²) in [5.41, 5.74) is 2.78. The molecule has 0 radical (unpaired) electrons. The molecule has 1 unspecified atom stereocenters. The molecular weight excluding hydrogens is 318 g/mol. The molecule has 0 fully saturated rings. The Morgan fingerprint density at radius 2 is 1.96 bits per heavy atom. The van der Waals surface area contributed by atoms with E-state index in [1.807, 2.05) is 67.6 Å². The number of thioether (sulfide) groups is 1. The van der Waals surface area contributed by atoms with Crippen LogP contribution in [0.4, 0.5) is 5.69 Å². The van der Waals surface area contributed by atoms with Crippen molar-refractivity contribution in [2.24, 2.45) is 0 Å². The first-order valence-electron chi connectivity index (χ1n) is 7.78. The summed E-state index contributed by atoms with van der Waals surface area (Å²) < 4.78 is 2.08. The van der Waals surface area contributed by atoms with Gasteiger partial charge in [-0.05, 0) is 31.2 Å². The van der Waals surface area contributed by atoms with Crippen molar-refractivity contribution < 1.29 is 4.79 Å². The highest BCUT2D eigenvalue weighted by molar-refractivity contribution is 8.00. The lowest BCUT2D eigenvalue weighted by Crippen LogP contribution is -2.22. The standard InChI is InChI=1S/C19H19N3OS/c1-3-13-22-17-12-8-7-11-16(17)21-19(22)24-14(2)18(23)20-15-9-5-4-6-10-15/h3-12,14H,1,13H2,2H3,(H,20,23). The van der Waals surface area contributed by atoms with Crippen LogP contribution in [0.15, 0.2) is 72.4 Å². The molecule has 1 heterocycles. The summed E-state index contributed by atoms with van der Waals surface area (Å²) in [7, 11) is 0. The second-order valence-electron chi connectivity index (χ2n) is 5.40. The monoisotopic (exact) mass is 337 g/mol. The largest absolute Gasteiger partial charge is 0.325 e. The van der Waals surface area contributed by atoms with Crippen molar-refractivity contribution in [2.75, 3.05) is 5.32 Å². The van der Waals surface area contributed by atoms with Crippen LogP contribution >= 0.6 is 11.8 Å². The van der Waals surface area contributed by atoms with E-state index in [4.69, 9.17) is 0 Å². The summed E-state index contributed by atoms with van der Waals surface area (Å²) >= 11 is 1.46. The van der Waals surface area contributed by atoms with E-state index in [-0.39, 0.29) is 11.2 Å². The molecule has 4 nitrogen and oxygen atoms in total. The van der Waals surface area contributed by atoms with Crippen molar-refractivity contribution in [1.29, 1.82) is 0 Å². The van der Waals surface area contributed by atoms with Gasteiger partial charge in [-0.3, -0.25) is 4.79 Å². The first-order chi connectivity index (χ1) is 11.7. The second kappa shape index (κ2) is 7.36. The number of para-hydroxylation sites is 3. The van der Waals surface area contributed by atoms with Gasteiger partial charge < -0.3 is 9.88 Å². The van der Waals surface area contributed by atoms with E-state index in [9.17, 15) is 4.79 Å². The quantitative estimate of drug-likeness (QED) is 0.537. The summed E-state index contributed by atoms with van der Waals surface area (Å²) in [6.45, 7) is 6.37. The Morgan fingerprint density at radius 1 is 1.25 bits per heavy atom. The van der Waals surface area contributed by atoms with Gasteiger partial charge in [-0.1, -0.05) is 48.2 Å². The maximum Gasteiger partial charge on any atom is 0.237 e. The van der Waals surface area contributed by atoms with Crippen LogP contribution < -0.4 is 5.32 Å². The van der Waals surface area contributed by atoms with Crippen LogP contribution in [0.25, 0.3) is 11.0 Å². The predicted molar refractivity (Wildman–Crippen MR) is 100 cm³/mol. The van der Waals surface area contributed by atoms with Crippen LogP contribution in [-0.2, 0) is 11.3 Å². The number of nitrogens with one attached hydrogen (secondary N) is 1. The summed E-state index contributed by atoms with van der Waals surface area (Å²) in [5.74, 6) is -0.0385. The Labute approximate surface area is 145 Å². The first-order valence-corrected chi connectivity index (χ1v) is 8.65. The van der Waals surface area contributed by atoms with E-state index >= 15 is 0 Å². The molecule has 3 aromatic rings. The molecule has 1 amide bonds. The van der Waals surface area contributed by atoms with Gasteiger partial charge in [-0.2, -0.15) is 0 Å². The van der Waals surface area contributed by atoms with Crippen molar-refractivity contribution in [3.63, 3.8) is 0 Å². The number of anilines is 1. The van der Waals surface area contributed by atoms with Crippen LogP contribution in [0.2, 0.25) is 0 Å². The third-order valence-electron chi connectivity index (χ3n) is 3.62. The molecular formula is C19H19N3OS. The van der Waals surface area contributed by atoms with Crippen molar-refractivity contribution >= 4 is 34.4 Å². The maximum absolute atomic E-state index is 12.4. The third kappa shape index (κ3) is 3.51. The summed E-state index contributed by atoms with van der Waals surface area (Å²) in [4.78, 5) is 17.1. The number of fused-ring (bicyclic) bond motifs is 1. The van der Waals surface area contributed by atoms with Crippen LogP contribution in [0.5, 0.6) is 0 Å². The fourth-order valence-corrected chi connectivity index (χ4v) is 3.36. The normalized spacial score (nSPS) is 12.0. The first kappa shape index (κ1) is 16.3. The number of amides is 1. The Morgan fingerprint density at radius 3 is 2.71 bits per heavy atom. The lowest BCUT2D eigenvalue weighted by molar-refractivity contribution is -0.115. The Bertz CT molecular complexity index is 857. The molecule has 5 heteroatoms. The molecule has 24 heavy (non-hydrogen) atoms. The number of aromatic nitrogens is 2. The zero-order valence-corrected chi connectivity index (χ0v) is 14.3. The lowest BCUT2D eigenvalue weighted by atomic mass is 10.3. The molecule has 0 aliphatic carbocycles. The van der Waals surface area contributed by atoms with Gasteiger partial charge in [0.1, 0.15) is 0 Å². The van der Waals surface area contributed by atoms with Crippen LogP contribution in [0.3, 0.4) is 0 Å². The molecule has 0 aliphatic rings. The highest BCUT2D eigenvalue weighted by atomic mass is 32.2. The van der Waals surface area contributed by atoms with Gasteiger partial charge in [-0.25, -0.2) is 4.98 Å². The smallest absolute Gasteiger partial charge is 0.237 e. The van der Waals surface area contributed by atoms with Gasteiger partial charge in [0.05, 0.1) is 16.3 Å². The van der Waals surface area contributed by atoms with Crippen LogP contribution in [0.1, 0.15) is 6.92 Å². The van der Waals surface area contributed by atoms with Gasteiger partial charge in [0.2, 0.25) is 5.91 Å². The number of nitrogens with zero attached hydrogens (tertiary/aromatic N) is 2. The van der Waals surface area contributed by atoms with Gasteiger partial charge in [0.15, 0.2) is 5.16 Å². The van der Waals surface area contributed by atoms with Crippen molar-refractivity contribution in [3.8, 4) is 0 Å². The molecule has 0 spiro atoms. The molecule has 122 valence electrons. The maximum atomic E-state index is 12.4. The molecule has 2 aromatic carbocycles. The SMILES string of the molecule is C=CCn1c(SC(C)C(=O)Nc2ccccc2)nc2ccccc21. The Hall–Kier alpha value is -2.53. The molecule has 0 bridgehead atoms. The lowest BCUT2D eigenvalue weighted by Gasteiger charge is -2.12. The minimum Gasteiger partial charge on any atom is -0.325 e. The fraction of sp³-hybridized carbons (Fsp3) is 0.158. The van der Waals surface area contributed by atoms with E-state index < -0.39 is 0 Å². The minimum absolute atomic E-state index is 0.0385. The highest BCUT2D eigenvalue weighted by Crippen LogP contribution is 2.28. The Kier molecular flexibility index (Phi) is 5.01. The summed E-state index contributed by atoms with van der Waals surface area (Å²) in [6.07, 6.45) is 1.84. The number of hydrogen-bond donors (Lipinski definition) is 1. The zero-order chi connectivity index (χ0) is 16.9. The highest BCUT2D eigenvalue weighted by Gasteiger charge is 2.19. The second-order valence-corrected chi connectivity index (χ2v) is 6.71. The molecule has 1 N–H and O–H groups in total. The Balaban J connectivity index is 1.79. The summed E-state index contributed by atoms with van der Waals surface area (Å²) in [5, 5.41) is 3.50. The topological polar surface area (TPSA) is 46.9 Å². The van der Waals surface area contributed by atoms with Crippen molar-refractivity contribution in [3.05, 3.63) is 67.3 Å². The van der Waals surface area contributed by atoms with Gasteiger partial charge in [-0.15, -0.1) is 6.58 Å². The van der Waals surface area contributed by atoms with E-state index in [0.29, 0.717) is 6.54 Å². The van der Waals surface area contributed by atoms with Crippen LogP contribution in [-0.4, -0.2) is 20.7 Å². The molecule has 1 atom stereocenters. The van der Waals surface area contributed by atoms with Crippen molar-refractivity contribution in [1.82, 2.24) is 9.55 Å². The number of carbonyl (C=O) groups is 1. The number of allylic oxidation sites excluding steroid dienone is 1. The van der Waals surface area contributed by atoms with E-state index in [1.54, 1.807) is 0 Å². The molecule has 1 aromatic heterocycles. The summed E-state index contributed by atoms with van der Waals surface area (Å²) in [6, 6.07) is 17.4. The number of carbonyl (C=O) groups excluding carboxylic acids is 1. The molecule has 0 aliphatic heterocycles. The van der Waals surface area contributed by atoms with Gasteiger partial charge in [0.25, 0.3) is 0 Å². The minimum atomic E-state index is -0.259. The van der Waals surface area contributed by atoms with E-state index in [1.165, 1.54) is 11.8 Å². The van der Waals surface area contributed by atoms with Crippen molar-refractivity contribution in [2.45, 2.75) is 23.9 Å². The molecule has 0 saturated heterocycles. The molecule has 3 rings (SSSR count). The average Bonchev–Trinajstić information content (AvgIpc) is 2.94.